The Morgan fingerprint density at radius 1 is 1.43 bits per heavy atom. The van der Waals surface area contributed by atoms with E-state index < -0.39 is 0 Å². The number of anilines is 1. The maximum absolute atomic E-state index is 5.97. The van der Waals surface area contributed by atoms with Crippen molar-refractivity contribution in [3.63, 3.8) is 0 Å². The molecule has 14 heavy (non-hydrogen) atoms. The highest BCUT2D eigenvalue weighted by Gasteiger charge is 2.13. The highest BCUT2D eigenvalue weighted by molar-refractivity contribution is 9.11. The van der Waals surface area contributed by atoms with E-state index in [-0.39, 0.29) is 0 Å². The lowest BCUT2D eigenvalue weighted by molar-refractivity contribution is 1.44. The average molecular weight is 287 g/mol. The molecule has 2 rings (SSSR count). The van der Waals surface area contributed by atoms with Gasteiger partial charge in [0.2, 0.25) is 0 Å². The van der Waals surface area contributed by atoms with Crippen LogP contribution >= 0.6 is 38.6 Å². The van der Waals surface area contributed by atoms with E-state index in [9.17, 15) is 0 Å². The largest absolute Gasteiger partial charge is 0.390 e. The monoisotopic (exact) mass is 286 g/mol. The van der Waals surface area contributed by atoms with Gasteiger partial charge in [-0.2, -0.15) is 0 Å². The molecule has 0 saturated carbocycles. The Hall–Kier alpha value is -0.320. The van der Waals surface area contributed by atoms with E-state index in [1.54, 1.807) is 22.7 Å². The van der Waals surface area contributed by atoms with Crippen molar-refractivity contribution in [3.05, 3.63) is 25.7 Å². The smallest absolute Gasteiger partial charge is 0.0942 e. The van der Waals surface area contributed by atoms with Gasteiger partial charge in [-0.25, -0.2) is 0 Å². The molecule has 1 nitrogen and oxygen atoms in total. The predicted molar refractivity (Wildman–Crippen MR) is 68.1 cm³/mol. The number of thiophene rings is 2. The van der Waals surface area contributed by atoms with Crippen molar-refractivity contribution in [2.75, 3.05) is 5.73 Å². The van der Waals surface area contributed by atoms with Crippen LogP contribution in [-0.2, 0) is 0 Å². The fraction of sp³-hybridized carbons (Fsp3) is 0.200. The van der Waals surface area contributed by atoms with Crippen LogP contribution in [0.25, 0.3) is 11.1 Å². The van der Waals surface area contributed by atoms with Crippen molar-refractivity contribution >= 4 is 43.6 Å². The predicted octanol–water partition coefficient (Wildman–Crippen LogP) is 4.24. The summed E-state index contributed by atoms with van der Waals surface area (Å²) >= 11 is 6.65. The molecule has 0 aliphatic rings. The molecule has 0 spiro atoms. The molecule has 0 bridgehead atoms. The van der Waals surface area contributed by atoms with Crippen molar-refractivity contribution in [1.29, 1.82) is 0 Å². The van der Waals surface area contributed by atoms with Crippen molar-refractivity contribution in [3.8, 4) is 11.1 Å². The van der Waals surface area contributed by atoms with Gasteiger partial charge < -0.3 is 5.73 Å². The minimum absolute atomic E-state index is 0.890. The van der Waals surface area contributed by atoms with E-state index >= 15 is 0 Å². The Balaban J connectivity index is 2.61. The molecule has 0 aliphatic carbocycles. The highest BCUT2D eigenvalue weighted by Crippen LogP contribution is 2.40. The summed E-state index contributed by atoms with van der Waals surface area (Å²) in [7, 11) is 0. The summed E-state index contributed by atoms with van der Waals surface area (Å²) < 4.78 is 1.09. The SMILES string of the molecule is Cc1sc(N)c(-c2[c]sc(Br)c2)c1C. The minimum Gasteiger partial charge on any atom is -0.390 e. The van der Waals surface area contributed by atoms with Crippen molar-refractivity contribution in [2.45, 2.75) is 13.8 Å². The number of aryl methyl sites for hydroxylation is 1. The summed E-state index contributed by atoms with van der Waals surface area (Å²) in [6, 6.07) is 2.06. The van der Waals surface area contributed by atoms with E-state index in [4.69, 9.17) is 5.73 Å². The Labute approximate surface area is 99.7 Å². The first-order valence-electron chi connectivity index (χ1n) is 4.12. The maximum atomic E-state index is 5.97. The number of rotatable bonds is 1. The molecular weight excluding hydrogens is 278 g/mol. The highest BCUT2D eigenvalue weighted by atomic mass is 79.9. The molecule has 0 fully saturated rings. The van der Waals surface area contributed by atoms with Gasteiger partial charge in [0.1, 0.15) is 0 Å². The third kappa shape index (κ3) is 1.62. The fourth-order valence-corrected chi connectivity index (χ4v) is 3.35. The van der Waals surface area contributed by atoms with Crippen molar-refractivity contribution in [2.24, 2.45) is 0 Å². The zero-order valence-corrected chi connectivity index (χ0v) is 11.1. The van der Waals surface area contributed by atoms with Crippen LogP contribution in [0.2, 0.25) is 0 Å². The second-order valence-corrected chi connectivity index (χ2v) is 6.57. The molecule has 0 atom stereocenters. The third-order valence-electron chi connectivity index (χ3n) is 2.20. The number of hydrogen-bond donors (Lipinski definition) is 1. The molecule has 1 radical (unpaired) electrons. The van der Waals surface area contributed by atoms with Crippen molar-refractivity contribution in [1.82, 2.24) is 0 Å². The zero-order valence-electron chi connectivity index (χ0n) is 7.85. The van der Waals surface area contributed by atoms with Crippen molar-refractivity contribution < 1.29 is 0 Å². The summed E-state index contributed by atoms with van der Waals surface area (Å²) in [5.41, 5.74) is 9.49. The minimum atomic E-state index is 0.890. The van der Waals surface area contributed by atoms with Gasteiger partial charge in [-0.1, -0.05) is 0 Å². The van der Waals surface area contributed by atoms with Gasteiger partial charge in [-0.05, 0) is 41.4 Å². The van der Waals surface area contributed by atoms with E-state index in [0.29, 0.717) is 0 Å². The number of halogens is 1. The summed E-state index contributed by atoms with van der Waals surface area (Å²) in [4.78, 5) is 1.29. The van der Waals surface area contributed by atoms with E-state index in [2.05, 4.69) is 41.2 Å². The lowest BCUT2D eigenvalue weighted by Crippen LogP contribution is -1.83. The second-order valence-electron chi connectivity index (χ2n) is 3.09. The molecule has 0 unspecified atom stereocenters. The Morgan fingerprint density at radius 3 is 2.57 bits per heavy atom. The third-order valence-corrected chi connectivity index (χ3v) is 4.58. The standard InChI is InChI=1S/C10H9BrNS2/c1-5-6(2)14-10(12)9(5)7-3-8(11)13-4-7/h3H,12H2,1-2H3. The molecule has 73 valence electrons. The average Bonchev–Trinajstić information content (AvgIpc) is 2.60. The fourth-order valence-electron chi connectivity index (χ4n) is 1.39. The van der Waals surface area contributed by atoms with Crippen LogP contribution in [-0.4, -0.2) is 0 Å². The van der Waals surface area contributed by atoms with Crippen LogP contribution in [0.3, 0.4) is 0 Å². The quantitative estimate of drug-likeness (QED) is 0.834. The van der Waals surface area contributed by atoms with Crippen LogP contribution in [0.1, 0.15) is 10.4 Å². The second kappa shape index (κ2) is 3.68. The van der Waals surface area contributed by atoms with Gasteiger partial charge in [-0.3, -0.25) is 0 Å². The number of hydrogen-bond acceptors (Lipinski definition) is 3. The molecule has 2 heterocycles. The summed E-state index contributed by atoms with van der Waals surface area (Å²) in [6.45, 7) is 4.21. The van der Waals surface area contributed by atoms with Crippen LogP contribution < -0.4 is 5.73 Å². The van der Waals surface area contributed by atoms with Gasteiger partial charge in [0.15, 0.2) is 0 Å². The van der Waals surface area contributed by atoms with Gasteiger partial charge in [0.05, 0.1) is 14.2 Å². The topological polar surface area (TPSA) is 26.0 Å². The molecule has 2 N–H and O–H groups in total. The molecule has 0 aromatic carbocycles. The normalized spacial score (nSPS) is 10.8. The lowest BCUT2D eigenvalue weighted by Gasteiger charge is -1.97. The van der Waals surface area contributed by atoms with Gasteiger partial charge in [0, 0.05) is 16.0 Å². The van der Waals surface area contributed by atoms with Gasteiger partial charge >= 0.3 is 0 Å². The van der Waals surface area contributed by atoms with Crippen LogP contribution in [0, 0.1) is 19.2 Å². The van der Waals surface area contributed by atoms with Gasteiger partial charge in [0.25, 0.3) is 0 Å². The molecule has 0 saturated heterocycles. The number of nitrogen functional groups attached to an aromatic ring is 1. The molecule has 0 aliphatic heterocycles. The van der Waals surface area contributed by atoms with E-state index in [0.717, 1.165) is 19.9 Å². The summed E-state index contributed by atoms with van der Waals surface area (Å²) in [5.74, 6) is 0. The Kier molecular flexibility index (Phi) is 2.68. The number of nitrogens with two attached hydrogens (primary N) is 1. The first-order chi connectivity index (χ1) is 6.59. The Morgan fingerprint density at radius 2 is 2.14 bits per heavy atom. The van der Waals surface area contributed by atoms with E-state index in [1.165, 1.54) is 10.4 Å². The van der Waals surface area contributed by atoms with Crippen LogP contribution in [0.15, 0.2) is 9.85 Å². The molecule has 4 heteroatoms. The van der Waals surface area contributed by atoms with Gasteiger partial charge in [-0.15, -0.1) is 22.7 Å². The molecule has 0 amide bonds. The molecular formula is C10H9BrNS2. The van der Waals surface area contributed by atoms with Crippen LogP contribution in [0.5, 0.6) is 0 Å². The molecule has 2 aromatic heterocycles. The zero-order chi connectivity index (χ0) is 10.3. The molecule has 2 aromatic rings. The lowest BCUT2D eigenvalue weighted by atomic mass is 10.1. The van der Waals surface area contributed by atoms with E-state index in [1.807, 2.05) is 0 Å². The Bertz CT molecular complexity index is 470. The first-order valence-corrected chi connectivity index (χ1v) is 6.55. The summed E-state index contributed by atoms with van der Waals surface area (Å²) in [5, 5.41) is 4.13. The summed E-state index contributed by atoms with van der Waals surface area (Å²) in [6.07, 6.45) is 0. The first kappa shape index (κ1) is 10.2. The maximum Gasteiger partial charge on any atom is 0.0942 e. The van der Waals surface area contributed by atoms with Crippen LogP contribution in [0.4, 0.5) is 5.00 Å².